The van der Waals surface area contributed by atoms with Crippen molar-refractivity contribution in [2.45, 2.75) is 40.7 Å². The fourth-order valence-electron chi connectivity index (χ4n) is 3.45. The number of phenols is 1. The first-order valence-corrected chi connectivity index (χ1v) is 10.8. The normalized spacial score (nSPS) is 11.3. The molecule has 1 aromatic heterocycles. The first-order valence-electron chi connectivity index (χ1n) is 10.8. The summed E-state index contributed by atoms with van der Waals surface area (Å²) >= 11 is 0. The molecule has 0 aliphatic carbocycles. The number of nitrogens with zero attached hydrogens (tertiary/aromatic N) is 2. The number of ether oxygens (including phenoxy) is 2. The van der Waals surface area contributed by atoms with E-state index in [9.17, 15) is 24.2 Å². The minimum Gasteiger partial charge on any atom is -0.507 e. The molecule has 1 heterocycles. The Bertz CT molecular complexity index is 1270. The molecule has 0 aliphatic rings. The van der Waals surface area contributed by atoms with Crippen molar-refractivity contribution < 1.29 is 33.7 Å². The summed E-state index contributed by atoms with van der Waals surface area (Å²) in [5.74, 6) is -2.07. The minimum absolute atomic E-state index is 0.0315. The van der Waals surface area contributed by atoms with Crippen molar-refractivity contribution in [1.29, 1.82) is 0 Å². The Labute approximate surface area is 202 Å². The Morgan fingerprint density at radius 2 is 1.77 bits per heavy atom. The molecule has 2 aromatic carbocycles. The molecule has 9 heteroatoms. The van der Waals surface area contributed by atoms with E-state index in [2.05, 4.69) is 9.97 Å². The predicted octanol–water partition coefficient (Wildman–Crippen LogP) is 5.20. The molecule has 0 fully saturated rings. The van der Waals surface area contributed by atoms with E-state index < -0.39 is 17.3 Å². The number of aromatic carboxylic acids is 1. The molecule has 0 atom stereocenters. The van der Waals surface area contributed by atoms with Crippen molar-refractivity contribution in [3.05, 3.63) is 64.9 Å². The summed E-state index contributed by atoms with van der Waals surface area (Å²) in [5.41, 5.74) is 1.01. The lowest BCUT2D eigenvalue weighted by molar-refractivity contribution is 0.0691. The second-order valence-electron chi connectivity index (χ2n) is 9.26. The highest BCUT2D eigenvalue weighted by molar-refractivity contribution is 5.99. The number of carboxylic acid groups (broad SMARTS) is 1. The molecule has 0 amide bonds. The van der Waals surface area contributed by atoms with Crippen LogP contribution in [0.5, 0.6) is 17.2 Å². The van der Waals surface area contributed by atoms with Gasteiger partial charge >= 0.3 is 5.97 Å². The highest BCUT2D eigenvalue weighted by atomic mass is 19.1. The third-order valence-electron chi connectivity index (χ3n) is 5.25. The predicted molar refractivity (Wildman–Crippen MR) is 127 cm³/mol. The minimum atomic E-state index is -1.41. The standard InChI is InChI=1S/C26H27FN2O6/c1-14-22(7-6-16(24(14)31)21(30)10-26(2,3)4)35-13-15-11-29-20(12-28-15)18-8-17(25(32)33)19(27)9-23(18)34-5/h6-9,11-12,31H,10,13H2,1-5H3,(H,32,33). The molecular formula is C26H27FN2O6. The van der Waals surface area contributed by atoms with Crippen molar-refractivity contribution in [3.63, 3.8) is 0 Å². The van der Waals surface area contributed by atoms with E-state index in [0.717, 1.165) is 12.1 Å². The SMILES string of the molecule is COc1cc(F)c(C(=O)O)cc1-c1cnc(COc2ccc(C(=O)CC(C)(C)C)c(O)c2C)cn1. The fourth-order valence-corrected chi connectivity index (χ4v) is 3.45. The van der Waals surface area contributed by atoms with Crippen LogP contribution in [0.15, 0.2) is 36.7 Å². The summed E-state index contributed by atoms with van der Waals surface area (Å²) in [4.78, 5) is 32.4. The molecule has 0 radical (unpaired) electrons. The van der Waals surface area contributed by atoms with Crippen molar-refractivity contribution in [1.82, 2.24) is 9.97 Å². The van der Waals surface area contributed by atoms with Crippen LogP contribution in [-0.4, -0.2) is 39.0 Å². The van der Waals surface area contributed by atoms with Gasteiger partial charge in [-0.3, -0.25) is 14.8 Å². The van der Waals surface area contributed by atoms with E-state index in [-0.39, 0.29) is 40.4 Å². The summed E-state index contributed by atoms with van der Waals surface area (Å²) in [6, 6.07) is 5.30. The lowest BCUT2D eigenvalue weighted by atomic mass is 9.87. The van der Waals surface area contributed by atoms with Crippen LogP contribution >= 0.6 is 0 Å². The molecule has 0 unspecified atom stereocenters. The molecule has 0 saturated heterocycles. The van der Waals surface area contributed by atoms with Crippen molar-refractivity contribution in [2.24, 2.45) is 5.41 Å². The van der Waals surface area contributed by atoms with Crippen LogP contribution < -0.4 is 9.47 Å². The number of aromatic nitrogens is 2. The summed E-state index contributed by atoms with van der Waals surface area (Å²) in [5, 5.41) is 19.7. The monoisotopic (exact) mass is 482 g/mol. The number of rotatable bonds is 8. The van der Waals surface area contributed by atoms with Gasteiger partial charge in [-0.25, -0.2) is 9.18 Å². The summed E-state index contributed by atoms with van der Waals surface area (Å²) in [6.07, 6.45) is 3.14. The highest BCUT2D eigenvalue weighted by Gasteiger charge is 2.22. The molecular weight excluding hydrogens is 455 g/mol. The van der Waals surface area contributed by atoms with E-state index in [1.807, 2.05) is 20.8 Å². The first-order chi connectivity index (χ1) is 16.4. The number of phenolic OH excluding ortho intramolecular Hbond substituents is 1. The van der Waals surface area contributed by atoms with Gasteiger partial charge in [0, 0.05) is 23.6 Å². The van der Waals surface area contributed by atoms with Gasteiger partial charge in [-0.05, 0) is 30.5 Å². The Morgan fingerprint density at radius 3 is 2.34 bits per heavy atom. The number of hydrogen-bond donors (Lipinski definition) is 2. The molecule has 0 spiro atoms. The number of hydrogen-bond acceptors (Lipinski definition) is 7. The van der Waals surface area contributed by atoms with Crippen LogP contribution in [0.4, 0.5) is 4.39 Å². The second kappa shape index (κ2) is 10.1. The summed E-state index contributed by atoms with van der Waals surface area (Å²) in [7, 11) is 1.34. The number of aromatic hydroxyl groups is 1. The second-order valence-corrected chi connectivity index (χ2v) is 9.26. The maximum atomic E-state index is 14.0. The zero-order chi connectivity index (χ0) is 25.9. The quantitative estimate of drug-likeness (QED) is 0.421. The van der Waals surface area contributed by atoms with Gasteiger partial charge in [0.15, 0.2) is 5.78 Å². The van der Waals surface area contributed by atoms with E-state index in [4.69, 9.17) is 9.47 Å². The van der Waals surface area contributed by atoms with Gasteiger partial charge in [-0.2, -0.15) is 0 Å². The number of carbonyl (C=O) groups excluding carboxylic acids is 1. The Kier molecular flexibility index (Phi) is 7.38. The lowest BCUT2D eigenvalue weighted by Gasteiger charge is -2.18. The van der Waals surface area contributed by atoms with E-state index in [1.165, 1.54) is 19.5 Å². The lowest BCUT2D eigenvalue weighted by Crippen LogP contribution is -2.13. The number of carbonyl (C=O) groups is 2. The van der Waals surface area contributed by atoms with Crippen LogP contribution in [0.25, 0.3) is 11.3 Å². The number of ketones is 1. The largest absolute Gasteiger partial charge is 0.507 e. The molecule has 3 aromatic rings. The van der Waals surface area contributed by atoms with E-state index >= 15 is 0 Å². The van der Waals surface area contributed by atoms with Gasteiger partial charge in [0.2, 0.25) is 0 Å². The molecule has 0 saturated carbocycles. The molecule has 184 valence electrons. The molecule has 2 N–H and O–H groups in total. The number of methoxy groups -OCH3 is 1. The third-order valence-corrected chi connectivity index (χ3v) is 5.25. The Hall–Kier alpha value is -4.01. The molecule has 8 nitrogen and oxygen atoms in total. The van der Waals surface area contributed by atoms with Gasteiger partial charge < -0.3 is 19.7 Å². The molecule has 3 rings (SSSR count). The number of halogens is 1. The van der Waals surface area contributed by atoms with Crippen LogP contribution in [0, 0.1) is 18.2 Å². The van der Waals surface area contributed by atoms with Gasteiger partial charge in [-0.1, -0.05) is 20.8 Å². The van der Waals surface area contributed by atoms with Gasteiger partial charge in [0.25, 0.3) is 0 Å². The highest BCUT2D eigenvalue weighted by Crippen LogP contribution is 2.34. The third kappa shape index (κ3) is 5.92. The average molecular weight is 483 g/mol. The van der Waals surface area contributed by atoms with Crippen LogP contribution in [0.2, 0.25) is 0 Å². The number of carboxylic acids is 1. The van der Waals surface area contributed by atoms with Crippen LogP contribution in [0.1, 0.15) is 59.2 Å². The zero-order valence-corrected chi connectivity index (χ0v) is 20.2. The van der Waals surface area contributed by atoms with Crippen LogP contribution in [-0.2, 0) is 6.61 Å². The number of benzene rings is 2. The topological polar surface area (TPSA) is 119 Å². The maximum Gasteiger partial charge on any atom is 0.338 e. The first kappa shape index (κ1) is 25.6. The Balaban J connectivity index is 1.77. The van der Waals surface area contributed by atoms with Gasteiger partial charge in [0.05, 0.1) is 42.0 Å². The van der Waals surface area contributed by atoms with E-state index in [0.29, 0.717) is 29.1 Å². The summed E-state index contributed by atoms with van der Waals surface area (Å²) < 4.78 is 24.9. The number of Topliss-reactive ketones (excluding diaryl/α,β-unsaturated/α-hetero) is 1. The van der Waals surface area contributed by atoms with E-state index in [1.54, 1.807) is 19.1 Å². The zero-order valence-electron chi connectivity index (χ0n) is 20.2. The smallest absolute Gasteiger partial charge is 0.338 e. The van der Waals surface area contributed by atoms with Gasteiger partial charge in [-0.15, -0.1) is 0 Å². The molecule has 0 bridgehead atoms. The van der Waals surface area contributed by atoms with Crippen molar-refractivity contribution in [3.8, 4) is 28.5 Å². The Morgan fingerprint density at radius 1 is 1.06 bits per heavy atom. The summed E-state index contributed by atoms with van der Waals surface area (Å²) in [6.45, 7) is 7.55. The van der Waals surface area contributed by atoms with Crippen molar-refractivity contribution >= 4 is 11.8 Å². The fraction of sp³-hybridized carbons (Fsp3) is 0.308. The van der Waals surface area contributed by atoms with Gasteiger partial charge in [0.1, 0.15) is 29.7 Å². The van der Waals surface area contributed by atoms with Crippen LogP contribution in [0.3, 0.4) is 0 Å². The average Bonchev–Trinajstić information content (AvgIpc) is 2.78. The molecule has 35 heavy (non-hydrogen) atoms. The maximum absolute atomic E-state index is 14.0. The van der Waals surface area contributed by atoms with Crippen molar-refractivity contribution in [2.75, 3.05) is 7.11 Å². The molecule has 0 aliphatic heterocycles.